The van der Waals surface area contributed by atoms with Crippen LogP contribution in [0.25, 0.3) is 87.7 Å². The summed E-state index contributed by atoms with van der Waals surface area (Å²) in [4.78, 5) is 14.4. The van der Waals surface area contributed by atoms with E-state index in [1.165, 1.54) is 59.6 Å². The Labute approximate surface area is 226 Å². The summed E-state index contributed by atoms with van der Waals surface area (Å²) in [5.74, 6) is 0.630. The predicted octanol–water partition coefficient (Wildman–Crippen LogP) is 8.43. The van der Waals surface area contributed by atoms with Crippen molar-refractivity contribution in [1.82, 2.24) is 23.9 Å². The Morgan fingerprint density at radius 1 is 0.500 bits per heavy atom. The van der Waals surface area contributed by atoms with E-state index in [4.69, 9.17) is 9.97 Å². The second-order valence-electron chi connectivity index (χ2n) is 10.5. The van der Waals surface area contributed by atoms with Gasteiger partial charge in [0.15, 0.2) is 5.65 Å². The highest BCUT2D eigenvalue weighted by Crippen LogP contribution is 2.47. The number of benzene rings is 5. The molecule has 5 aromatic heterocycles. The van der Waals surface area contributed by atoms with Gasteiger partial charge in [-0.15, -0.1) is 0 Å². The third-order valence-electron chi connectivity index (χ3n) is 8.53. The molecule has 0 spiro atoms. The van der Waals surface area contributed by atoms with E-state index < -0.39 is 0 Å². The van der Waals surface area contributed by atoms with Crippen molar-refractivity contribution in [2.45, 2.75) is 0 Å². The number of fused-ring (bicyclic) bond motifs is 13. The second-order valence-corrected chi connectivity index (χ2v) is 10.5. The van der Waals surface area contributed by atoms with Gasteiger partial charge in [0, 0.05) is 55.5 Å². The van der Waals surface area contributed by atoms with Gasteiger partial charge in [0.05, 0.1) is 27.6 Å². The summed E-state index contributed by atoms with van der Waals surface area (Å²) in [6.07, 6.45) is 3.66. The second kappa shape index (κ2) is 7.10. The Morgan fingerprint density at radius 2 is 1.23 bits per heavy atom. The molecule has 0 amide bonds. The number of hydrogen-bond donors (Lipinski definition) is 0. The summed E-state index contributed by atoms with van der Waals surface area (Å²) < 4.78 is 4.71. The molecule has 0 unspecified atom stereocenters. The van der Waals surface area contributed by atoms with Gasteiger partial charge < -0.3 is 4.40 Å². The van der Waals surface area contributed by atoms with Crippen molar-refractivity contribution in [2.24, 2.45) is 0 Å². The van der Waals surface area contributed by atoms with E-state index >= 15 is 0 Å². The molecule has 10 aromatic rings. The maximum atomic E-state index is 4.97. The molecule has 0 saturated carbocycles. The molecule has 0 atom stereocenters. The molecule has 40 heavy (non-hydrogen) atoms. The summed E-state index contributed by atoms with van der Waals surface area (Å²) in [5, 5.41) is 10.8. The minimum absolute atomic E-state index is 0.630. The van der Waals surface area contributed by atoms with Crippen molar-refractivity contribution in [3.63, 3.8) is 0 Å². The van der Waals surface area contributed by atoms with Crippen molar-refractivity contribution >= 4 is 81.7 Å². The lowest BCUT2D eigenvalue weighted by Crippen LogP contribution is -2.01. The van der Waals surface area contributed by atoms with Crippen molar-refractivity contribution in [2.75, 3.05) is 0 Å². The minimum Gasteiger partial charge on any atom is -0.307 e. The molecule has 0 N–H and O–H groups in total. The van der Waals surface area contributed by atoms with Crippen LogP contribution in [0.2, 0.25) is 0 Å². The molecule has 0 aliphatic rings. The largest absolute Gasteiger partial charge is 0.307 e. The molecule has 5 aromatic carbocycles. The molecule has 0 aliphatic carbocycles. The molecule has 10 rings (SSSR count). The van der Waals surface area contributed by atoms with Crippen LogP contribution in [-0.2, 0) is 0 Å². The number of pyridine rings is 1. The van der Waals surface area contributed by atoms with Crippen LogP contribution in [0.3, 0.4) is 0 Å². The number of nitrogens with zero attached hydrogens (tertiary/aromatic N) is 5. The zero-order valence-corrected chi connectivity index (χ0v) is 21.2. The fourth-order valence-electron chi connectivity index (χ4n) is 6.93. The van der Waals surface area contributed by atoms with Gasteiger partial charge in [-0.05, 0) is 35.7 Å². The third kappa shape index (κ3) is 2.37. The van der Waals surface area contributed by atoms with E-state index in [0.717, 1.165) is 16.4 Å². The SMILES string of the molecule is c1cnc2nc(-n3c4ccccc4c4cc5c6ccccc6n6c7c8ccccc8ccc7c(c43)c56)ncc2c1. The van der Waals surface area contributed by atoms with Crippen LogP contribution >= 0.6 is 0 Å². The molecule has 0 aliphatic heterocycles. The van der Waals surface area contributed by atoms with Gasteiger partial charge in [-0.25, -0.2) is 9.97 Å². The Balaban J connectivity index is 1.54. The number of aromatic nitrogens is 5. The van der Waals surface area contributed by atoms with Crippen molar-refractivity contribution in [3.8, 4) is 5.95 Å². The summed E-state index contributed by atoms with van der Waals surface area (Å²) >= 11 is 0. The maximum Gasteiger partial charge on any atom is 0.236 e. The first-order valence-corrected chi connectivity index (χ1v) is 13.5. The normalized spacial score (nSPS) is 12.5. The fourth-order valence-corrected chi connectivity index (χ4v) is 6.93. The van der Waals surface area contributed by atoms with E-state index in [1.54, 1.807) is 6.20 Å². The Hall–Kier alpha value is -5.55. The lowest BCUT2D eigenvalue weighted by atomic mass is 10.0. The molecule has 5 heterocycles. The first-order valence-electron chi connectivity index (χ1n) is 13.5. The highest BCUT2D eigenvalue weighted by molar-refractivity contribution is 6.36. The average molecular weight is 510 g/mol. The summed E-state index contributed by atoms with van der Waals surface area (Å²) in [6, 6.07) is 36.9. The quantitative estimate of drug-likeness (QED) is 0.223. The lowest BCUT2D eigenvalue weighted by Gasteiger charge is -2.08. The van der Waals surface area contributed by atoms with E-state index in [2.05, 4.69) is 105 Å². The van der Waals surface area contributed by atoms with Gasteiger partial charge in [-0.3, -0.25) is 4.57 Å². The Morgan fingerprint density at radius 3 is 2.12 bits per heavy atom. The van der Waals surface area contributed by atoms with Gasteiger partial charge in [0.25, 0.3) is 0 Å². The maximum absolute atomic E-state index is 4.97. The van der Waals surface area contributed by atoms with E-state index in [-0.39, 0.29) is 0 Å². The molecule has 0 bridgehead atoms. The van der Waals surface area contributed by atoms with Crippen molar-refractivity contribution in [1.29, 1.82) is 0 Å². The molecule has 5 heteroatoms. The average Bonchev–Trinajstić information content (AvgIpc) is 3.65. The third-order valence-corrected chi connectivity index (χ3v) is 8.53. The topological polar surface area (TPSA) is 48.0 Å². The van der Waals surface area contributed by atoms with Crippen molar-refractivity contribution in [3.05, 3.63) is 116 Å². The van der Waals surface area contributed by atoms with Crippen LogP contribution in [0.5, 0.6) is 0 Å². The van der Waals surface area contributed by atoms with Gasteiger partial charge in [-0.2, -0.15) is 4.98 Å². The molecule has 184 valence electrons. The van der Waals surface area contributed by atoms with Crippen LogP contribution < -0.4 is 0 Å². The van der Waals surface area contributed by atoms with Crippen molar-refractivity contribution < 1.29 is 0 Å². The summed E-state index contributed by atoms with van der Waals surface area (Å²) in [7, 11) is 0. The van der Waals surface area contributed by atoms with Gasteiger partial charge in [0.1, 0.15) is 0 Å². The monoisotopic (exact) mass is 509 g/mol. The highest BCUT2D eigenvalue weighted by atomic mass is 15.2. The van der Waals surface area contributed by atoms with Gasteiger partial charge in [-0.1, -0.05) is 72.8 Å². The molecule has 5 nitrogen and oxygen atoms in total. The Kier molecular flexibility index (Phi) is 3.62. The van der Waals surface area contributed by atoms with Gasteiger partial charge in [0.2, 0.25) is 5.95 Å². The molecule has 0 fully saturated rings. The Bertz CT molecular complexity index is 2660. The standard InChI is InChI=1S/C35H19N5/c1-2-10-22-20(8-1)15-16-25-30-32-26(23-11-3-5-13-28(23)39(32)31(22)25)18-27-24-12-4-6-14-29(24)40(33(27)30)35-37-19-21-9-7-17-36-34(21)38-35/h1-19H. The molecule has 0 radical (unpaired) electrons. The zero-order valence-electron chi connectivity index (χ0n) is 21.2. The highest BCUT2D eigenvalue weighted by Gasteiger charge is 2.25. The number of para-hydroxylation sites is 2. The molecular formula is C35H19N5. The summed E-state index contributed by atoms with van der Waals surface area (Å²) in [5.41, 5.74) is 6.61. The first kappa shape index (κ1) is 20.4. The first-order chi connectivity index (χ1) is 19.9. The van der Waals surface area contributed by atoms with Crippen LogP contribution in [-0.4, -0.2) is 23.9 Å². The summed E-state index contributed by atoms with van der Waals surface area (Å²) in [6.45, 7) is 0. The van der Waals surface area contributed by atoms with Crippen LogP contribution in [0.15, 0.2) is 116 Å². The van der Waals surface area contributed by atoms with E-state index in [1.807, 2.05) is 18.3 Å². The number of hydrogen-bond acceptors (Lipinski definition) is 3. The predicted molar refractivity (Wildman–Crippen MR) is 164 cm³/mol. The minimum atomic E-state index is 0.630. The molecular weight excluding hydrogens is 490 g/mol. The van der Waals surface area contributed by atoms with E-state index in [0.29, 0.717) is 11.6 Å². The fraction of sp³-hybridized carbons (Fsp3) is 0. The molecule has 0 saturated heterocycles. The van der Waals surface area contributed by atoms with Crippen LogP contribution in [0.1, 0.15) is 0 Å². The lowest BCUT2D eigenvalue weighted by molar-refractivity contribution is 1.00. The smallest absolute Gasteiger partial charge is 0.236 e. The zero-order chi connectivity index (χ0) is 25.9. The van der Waals surface area contributed by atoms with E-state index in [9.17, 15) is 0 Å². The number of rotatable bonds is 1. The van der Waals surface area contributed by atoms with Crippen LogP contribution in [0, 0.1) is 0 Å². The van der Waals surface area contributed by atoms with Gasteiger partial charge >= 0.3 is 0 Å². The van der Waals surface area contributed by atoms with Crippen LogP contribution in [0.4, 0.5) is 0 Å².